The van der Waals surface area contributed by atoms with Crippen LogP contribution in [0.5, 0.6) is 0 Å². The molecule has 1 aromatic carbocycles. The van der Waals surface area contributed by atoms with Gasteiger partial charge in [0.05, 0.1) is 23.0 Å². The average Bonchev–Trinajstić information content (AvgIpc) is 2.98. The SMILES string of the molecule is CSC(=Nc1ccc2c(c1)ncn2C1CCCCC1)NC#N. The Morgan fingerprint density at radius 3 is 2.95 bits per heavy atom. The van der Waals surface area contributed by atoms with E-state index in [1.165, 1.54) is 49.4 Å². The third-order valence-electron chi connectivity index (χ3n) is 4.11. The molecular weight excluding hydrogens is 294 g/mol. The van der Waals surface area contributed by atoms with Crippen molar-refractivity contribution in [3.8, 4) is 6.19 Å². The number of hydrogen-bond acceptors (Lipinski definition) is 4. The standard InChI is InChI=1S/C16H19N5S/c1-22-16(18-10-17)20-12-7-8-15-14(9-12)19-11-21(15)13-5-3-2-4-6-13/h7-9,11,13H,2-6H2,1H3,(H,18,20). The van der Waals surface area contributed by atoms with Crippen LogP contribution in [0.1, 0.15) is 38.1 Å². The quantitative estimate of drug-likeness (QED) is 0.394. The first-order valence-electron chi connectivity index (χ1n) is 7.56. The molecule has 0 aliphatic heterocycles. The number of rotatable bonds is 2. The van der Waals surface area contributed by atoms with Crippen LogP contribution in [-0.4, -0.2) is 21.0 Å². The van der Waals surface area contributed by atoms with Gasteiger partial charge in [-0.15, -0.1) is 0 Å². The van der Waals surface area contributed by atoms with Gasteiger partial charge in [0, 0.05) is 6.04 Å². The Morgan fingerprint density at radius 2 is 2.23 bits per heavy atom. The molecule has 1 fully saturated rings. The molecule has 0 radical (unpaired) electrons. The average molecular weight is 313 g/mol. The second-order valence-electron chi connectivity index (χ2n) is 5.47. The molecule has 6 heteroatoms. The maximum absolute atomic E-state index is 8.69. The van der Waals surface area contributed by atoms with Crippen LogP contribution in [-0.2, 0) is 0 Å². The van der Waals surface area contributed by atoms with E-state index in [1.807, 2.05) is 30.9 Å². The van der Waals surface area contributed by atoms with Crippen molar-refractivity contribution in [1.82, 2.24) is 14.9 Å². The van der Waals surface area contributed by atoms with E-state index in [2.05, 4.69) is 25.9 Å². The van der Waals surface area contributed by atoms with Crippen LogP contribution in [0.4, 0.5) is 5.69 Å². The summed E-state index contributed by atoms with van der Waals surface area (Å²) in [6, 6.07) is 6.62. The Balaban J connectivity index is 1.90. The first-order valence-corrected chi connectivity index (χ1v) is 8.78. The minimum Gasteiger partial charge on any atom is -0.327 e. The van der Waals surface area contributed by atoms with E-state index in [-0.39, 0.29) is 0 Å². The lowest BCUT2D eigenvalue weighted by molar-refractivity contribution is 0.359. The smallest absolute Gasteiger partial charge is 0.183 e. The summed E-state index contributed by atoms with van der Waals surface area (Å²) in [6.07, 6.45) is 12.2. The maximum atomic E-state index is 8.69. The Kier molecular flexibility index (Phi) is 4.64. The molecule has 0 unspecified atom stereocenters. The van der Waals surface area contributed by atoms with Crippen LogP contribution >= 0.6 is 11.8 Å². The fourth-order valence-electron chi connectivity index (χ4n) is 3.03. The van der Waals surface area contributed by atoms with Crippen molar-refractivity contribution < 1.29 is 0 Å². The number of nitrogens with zero attached hydrogens (tertiary/aromatic N) is 4. The normalized spacial score (nSPS) is 16.6. The molecule has 0 amide bonds. The van der Waals surface area contributed by atoms with Gasteiger partial charge in [0.1, 0.15) is 0 Å². The Labute approximate surface area is 134 Å². The highest BCUT2D eigenvalue weighted by atomic mass is 32.2. The van der Waals surface area contributed by atoms with Crippen LogP contribution in [0, 0.1) is 11.5 Å². The minimum atomic E-state index is 0.579. The Hall–Kier alpha value is -2.00. The van der Waals surface area contributed by atoms with Crippen LogP contribution in [0.15, 0.2) is 29.5 Å². The second-order valence-corrected chi connectivity index (χ2v) is 6.27. The van der Waals surface area contributed by atoms with Crippen molar-refractivity contribution in [3.63, 3.8) is 0 Å². The first-order chi connectivity index (χ1) is 10.8. The van der Waals surface area contributed by atoms with Gasteiger partial charge < -0.3 is 4.57 Å². The molecule has 0 saturated heterocycles. The van der Waals surface area contributed by atoms with E-state index >= 15 is 0 Å². The molecule has 1 aromatic heterocycles. The van der Waals surface area contributed by atoms with Crippen LogP contribution in [0.3, 0.4) is 0 Å². The molecule has 5 nitrogen and oxygen atoms in total. The fourth-order valence-corrected chi connectivity index (χ4v) is 3.37. The number of nitrogens with one attached hydrogen (secondary N) is 1. The van der Waals surface area contributed by atoms with Crippen molar-refractivity contribution in [3.05, 3.63) is 24.5 Å². The van der Waals surface area contributed by atoms with Crippen LogP contribution in [0.2, 0.25) is 0 Å². The number of thioether (sulfide) groups is 1. The van der Waals surface area contributed by atoms with Gasteiger partial charge in [-0.2, -0.15) is 5.26 Å². The van der Waals surface area contributed by atoms with E-state index in [4.69, 9.17) is 5.26 Å². The molecule has 1 aliphatic rings. The highest BCUT2D eigenvalue weighted by molar-refractivity contribution is 8.13. The summed E-state index contributed by atoms with van der Waals surface area (Å²) in [5.41, 5.74) is 2.95. The summed E-state index contributed by atoms with van der Waals surface area (Å²) in [5.74, 6) is 0. The van der Waals surface area contributed by atoms with E-state index in [0.29, 0.717) is 11.2 Å². The van der Waals surface area contributed by atoms with Gasteiger partial charge in [0.15, 0.2) is 11.4 Å². The van der Waals surface area contributed by atoms with Crippen LogP contribution in [0.25, 0.3) is 11.0 Å². The first kappa shape index (κ1) is 14.9. The third-order valence-corrected chi connectivity index (χ3v) is 4.69. The van der Waals surface area contributed by atoms with Crippen LogP contribution < -0.4 is 5.32 Å². The third kappa shape index (κ3) is 3.09. The van der Waals surface area contributed by atoms with Gasteiger partial charge in [-0.05, 0) is 37.3 Å². The molecule has 1 heterocycles. The lowest BCUT2D eigenvalue weighted by atomic mass is 9.95. The molecule has 1 N–H and O–H groups in total. The number of benzene rings is 1. The van der Waals surface area contributed by atoms with E-state index in [0.717, 1.165) is 11.2 Å². The van der Waals surface area contributed by atoms with Gasteiger partial charge in [0.2, 0.25) is 0 Å². The Morgan fingerprint density at radius 1 is 1.41 bits per heavy atom. The molecule has 22 heavy (non-hydrogen) atoms. The van der Waals surface area contributed by atoms with Gasteiger partial charge in [0.25, 0.3) is 0 Å². The number of fused-ring (bicyclic) bond motifs is 1. The predicted octanol–water partition coefficient (Wildman–Crippen LogP) is 3.96. The maximum Gasteiger partial charge on any atom is 0.183 e. The zero-order chi connectivity index (χ0) is 15.4. The summed E-state index contributed by atoms with van der Waals surface area (Å²) in [7, 11) is 0. The number of nitriles is 1. The minimum absolute atomic E-state index is 0.579. The highest BCUT2D eigenvalue weighted by Gasteiger charge is 2.17. The van der Waals surface area contributed by atoms with Gasteiger partial charge in [-0.1, -0.05) is 31.0 Å². The summed E-state index contributed by atoms with van der Waals surface area (Å²) in [6.45, 7) is 0. The zero-order valence-electron chi connectivity index (χ0n) is 12.6. The van der Waals surface area contributed by atoms with Crippen molar-refractivity contribution in [2.24, 2.45) is 4.99 Å². The number of imidazole rings is 1. The number of aromatic nitrogens is 2. The fraction of sp³-hybridized carbons (Fsp3) is 0.438. The Bertz CT molecular complexity index is 722. The van der Waals surface area contributed by atoms with Crippen molar-refractivity contribution in [2.75, 3.05) is 6.26 Å². The molecule has 0 bridgehead atoms. The molecule has 2 aromatic rings. The summed E-state index contributed by atoms with van der Waals surface area (Å²) >= 11 is 1.41. The molecule has 0 atom stereocenters. The summed E-state index contributed by atoms with van der Waals surface area (Å²) in [5, 5.41) is 11.9. The number of aliphatic imine (C=N–C) groups is 1. The largest absolute Gasteiger partial charge is 0.327 e. The lowest BCUT2D eigenvalue weighted by Crippen LogP contribution is -2.12. The summed E-state index contributed by atoms with van der Waals surface area (Å²) < 4.78 is 2.31. The monoisotopic (exact) mass is 313 g/mol. The number of amidine groups is 1. The molecule has 114 valence electrons. The molecule has 0 spiro atoms. The molecular formula is C16H19N5S. The molecule has 3 rings (SSSR count). The summed E-state index contributed by atoms with van der Waals surface area (Å²) in [4.78, 5) is 8.97. The predicted molar refractivity (Wildman–Crippen MR) is 91.2 cm³/mol. The highest BCUT2D eigenvalue weighted by Crippen LogP contribution is 2.31. The molecule has 1 saturated carbocycles. The number of hydrogen-bond donors (Lipinski definition) is 1. The second kappa shape index (κ2) is 6.84. The topological polar surface area (TPSA) is 66.0 Å². The zero-order valence-corrected chi connectivity index (χ0v) is 13.4. The van der Waals surface area contributed by atoms with Crippen molar-refractivity contribution in [1.29, 1.82) is 5.26 Å². The van der Waals surface area contributed by atoms with E-state index < -0.39 is 0 Å². The van der Waals surface area contributed by atoms with Gasteiger partial charge in [-0.25, -0.2) is 9.98 Å². The van der Waals surface area contributed by atoms with Crippen molar-refractivity contribution in [2.45, 2.75) is 38.1 Å². The van der Waals surface area contributed by atoms with E-state index in [9.17, 15) is 0 Å². The lowest BCUT2D eigenvalue weighted by Gasteiger charge is -2.23. The van der Waals surface area contributed by atoms with Gasteiger partial charge in [-0.3, -0.25) is 5.32 Å². The van der Waals surface area contributed by atoms with Gasteiger partial charge >= 0.3 is 0 Å². The molecule has 1 aliphatic carbocycles. The van der Waals surface area contributed by atoms with Crippen molar-refractivity contribution >= 4 is 33.7 Å². The van der Waals surface area contributed by atoms with E-state index in [1.54, 1.807) is 0 Å².